The summed E-state index contributed by atoms with van der Waals surface area (Å²) in [5.41, 5.74) is 0.983. The lowest BCUT2D eigenvalue weighted by Gasteiger charge is -2.20. The molecule has 2 amide bonds. The molecule has 0 radical (unpaired) electrons. The number of nitrogens with one attached hydrogen (secondary N) is 2. The molecule has 0 unspecified atom stereocenters. The van der Waals surface area contributed by atoms with E-state index in [1.165, 1.54) is 0 Å². The van der Waals surface area contributed by atoms with Crippen LogP contribution in [0.4, 0.5) is 4.79 Å². The molecular formula is C15H20ClN5O. The zero-order chi connectivity index (χ0) is 16.1. The normalized spacial score (nSPS) is 13.5. The molecule has 7 heteroatoms. The number of hydrogen-bond donors (Lipinski definition) is 2. The van der Waals surface area contributed by atoms with Crippen LogP contribution in [-0.2, 0) is 7.05 Å². The predicted octanol–water partition coefficient (Wildman–Crippen LogP) is 2.98. The Bertz CT molecular complexity index is 642. The molecule has 0 aliphatic carbocycles. The van der Waals surface area contributed by atoms with Crippen LogP contribution in [0.25, 0.3) is 0 Å². The standard InChI is InChI=1S/C15H20ClN5O/c1-4-13(11-6-5-7-12(16)8-11)19-15(22)18-10(2)14-20-17-9-21(14)3/h5-10,13H,4H2,1-3H3,(H2,18,19,22)/t10-,13-/m0/s1. The second kappa shape index (κ2) is 7.26. The van der Waals surface area contributed by atoms with E-state index in [2.05, 4.69) is 20.8 Å². The van der Waals surface area contributed by atoms with Crippen LogP contribution in [0.5, 0.6) is 0 Å². The third kappa shape index (κ3) is 3.98. The van der Waals surface area contributed by atoms with Gasteiger partial charge in [-0.3, -0.25) is 0 Å². The maximum Gasteiger partial charge on any atom is 0.315 e. The van der Waals surface area contributed by atoms with Crippen molar-refractivity contribution < 1.29 is 4.79 Å². The first kappa shape index (κ1) is 16.3. The molecule has 1 heterocycles. The summed E-state index contributed by atoms with van der Waals surface area (Å²) >= 11 is 6.01. The number of urea groups is 1. The van der Waals surface area contributed by atoms with E-state index in [1.54, 1.807) is 10.9 Å². The third-order valence-corrected chi connectivity index (χ3v) is 3.68. The number of carbonyl (C=O) groups is 1. The van der Waals surface area contributed by atoms with E-state index in [4.69, 9.17) is 11.6 Å². The van der Waals surface area contributed by atoms with Crippen molar-refractivity contribution >= 4 is 17.6 Å². The Morgan fingerprint density at radius 2 is 2.18 bits per heavy atom. The molecule has 1 aromatic heterocycles. The van der Waals surface area contributed by atoms with E-state index in [1.807, 2.05) is 45.2 Å². The molecule has 0 saturated carbocycles. The maximum absolute atomic E-state index is 12.2. The maximum atomic E-state index is 12.2. The molecule has 0 aliphatic heterocycles. The first-order valence-electron chi connectivity index (χ1n) is 7.17. The molecule has 2 N–H and O–H groups in total. The first-order valence-corrected chi connectivity index (χ1v) is 7.55. The van der Waals surface area contributed by atoms with Gasteiger partial charge in [0.1, 0.15) is 6.33 Å². The van der Waals surface area contributed by atoms with Gasteiger partial charge in [-0.15, -0.1) is 10.2 Å². The van der Waals surface area contributed by atoms with Gasteiger partial charge >= 0.3 is 6.03 Å². The molecule has 0 saturated heterocycles. The smallest absolute Gasteiger partial charge is 0.315 e. The van der Waals surface area contributed by atoms with Crippen LogP contribution in [0, 0.1) is 0 Å². The Kier molecular flexibility index (Phi) is 5.38. The number of aromatic nitrogens is 3. The van der Waals surface area contributed by atoms with Crippen LogP contribution in [-0.4, -0.2) is 20.8 Å². The minimum absolute atomic E-state index is 0.0922. The van der Waals surface area contributed by atoms with Crippen molar-refractivity contribution in [3.05, 3.63) is 47.0 Å². The van der Waals surface area contributed by atoms with Crippen molar-refractivity contribution in [2.75, 3.05) is 0 Å². The average molecular weight is 322 g/mol. The summed E-state index contributed by atoms with van der Waals surface area (Å²) in [5, 5.41) is 14.3. The number of hydrogen-bond acceptors (Lipinski definition) is 3. The molecule has 2 aromatic rings. The van der Waals surface area contributed by atoms with Gasteiger partial charge < -0.3 is 15.2 Å². The van der Waals surface area contributed by atoms with Crippen LogP contribution < -0.4 is 10.6 Å². The minimum atomic E-state index is -0.248. The first-order chi connectivity index (χ1) is 10.5. The molecule has 1 aromatic carbocycles. The lowest BCUT2D eigenvalue weighted by Crippen LogP contribution is -2.39. The van der Waals surface area contributed by atoms with E-state index >= 15 is 0 Å². The molecule has 0 spiro atoms. The molecule has 118 valence electrons. The van der Waals surface area contributed by atoms with Gasteiger partial charge in [-0.25, -0.2) is 4.79 Å². The predicted molar refractivity (Wildman–Crippen MR) is 85.6 cm³/mol. The average Bonchev–Trinajstić information content (AvgIpc) is 2.91. The minimum Gasteiger partial charge on any atom is -0.331 e. The SMILES string of the molecule is CC[C@H](NC(=O)N[C@@H](C)c1nncn1C)c1cccc(Cl)c1. The fraction of sp³-hybridized carbons (Fsp3) is 0.400. The van der Waals surface area contributed by atoms with Crippen LogP contribution in [0.3, 0.4) is 0 Å². The second-order valence-corrected chi connectivity index (χ2v) is 5.59. The molecule has 0 fully saturated rings. The lowest BCUT2D eigenvalue weighted by atomic mass is 10.1. The van der Waals surface area contributed by atoms with Crippen LogP contribution in [0.15, 0.2) is 30.6 Å². The Balaban J connectivity index is 1.99. The Morgan fingerprint density at radius 3 is 2.77 bits per heavy atom. The topological polar surface area (TPSA) is 71.8 Å². The van der Waals surface area contributed by atoms with Crippen molar-refractivity contribution in [2.24, 2.45) is 7.05 Å². The van der Waals surface area contributed by atoms with E-state index in [0.717, 1.165) is 12.0 Å². The number of carbonyl (C=O) groups excluding carboxylic acids is 1. The van der Waals surface area contributed by atoms with Gasteiger partial charge in [-0.1, -0.05) is 30.7 Å². The van der Waals surface area contributed by atoms with Gasteiger partial charge in [-0.2, -0.15) is 0 Å². The molecule has 6 nitrogen and oxygen atoms in total. The van der Waals surface area contributed by atoms with Gasteiger partial charge in [0.05, 0.1) is 12.1 Å². The highest BCUT2D eigenvalue weighted by molar-refractivity contribution is 6.30. The largest absolute Gasteiger partial charge is 0.331 e. The molecule has 2 atom stereocenters. The summed E-state index contributed by atoms with van der Waals surface area (Å²) in [6.45, 7) is 3.88. The van der Waals surface area contributed by atoms with Gasteiger partial charge in [-0.05, 0) is 31.0 Å². The van der Waals surface area contributed by atoms with Gasteiger partial charge in [0.2, 0.25) is 0 Å². The van der Waals surface area contributed by atoms with Gasteiger partial charge in [0.15, 0.2) is 5.82 Å². The van der Waals surface area contributed by atoms with Crippen molar-refractivity contribution in [3.8, 4) is 0 Å². The van der Waals surface area contributed by atoms with E-state index in [9.17, 15) is 4.79 Å². The van der Waals surface area contributed by atoms with Gasteiger partial charge in [0, 0.05) is 12.1 Å². The van der Waals surface area contributed by atoms with E-state index in [-0.39, 0.29) is 18.1 Å². The summed E-state index contributed by atoms with van der Waals surface area (Å²) in [7, 11) is 1.84. The Morgan fingerprint density at radius 1 is 1.41 bits per heavy atom. The highest BCUT2D eigenvalue weighted by Gasteiger charge is 2.17. The molecular weight excluding hydrogens is 302 g/mol. The zero-order valence-corrected chi connectivity index (χ0v) is 13.6. The van der Waals surface area contributed by atoms with Crippen LogP contribution in [0.2, 0.25) is 5.02 Å². The summed E-state index contributed by atoms with van der Waals surface area (Å²) < 4.78 is 1.78. The lowest BCUT2D eigenvalue weighted by molar-refractivity contribution is 0.233. The fourth-order valence-corrected chi connectivity index (χ4v) is 2.49. The summed E-state index contributed by atoms with van der Waals surface area (Å²) in [6.07, 6.45) is 2.37. The monoisotopic (exact) mass is 321 g/mol. The van der Waals surface area contributed by atoms with Crippen molar-refractivity contribution in [3.63, 3.8) is 0 Å². The Labute approximate surface area is 134 Å². The molecule has 0 aliphatic rings. The summed E-state index contributed by atoms with van der Waals surface area (Å²) in [4.78, 5) is 12.2. The quantitative estimate of drug-likeness (QED) is 0.889. The number of rotatable bonds is 5. The highest BCUT2D eigenvalue weighted by atomic mass is 35.5. The fourth-order valence-electron chi connectivity index (χ4n) is 2.29. The number of aryl methyl sites for hydroxylation is 1. The van der Waals surface area contributed by atoms with E-state index < -0.39 is 0 Å². The molecule has 22 heavy (non-hydrogen) atoms. The number of amides is 2. The highest BCUT2D eigenvalue weighted by Crippen LogP contribution is 2.20. The van der Waals surface area contributed by atoms with Gasteiger partial charge in [0.25, 0.3) is 0 Å². The summed E-state index contributed by atoms with van der Waals surface area (Å²) in [6, 6.07) is 6.93. The molecule has 0 bridgehead atoms. The van der Waals surface area contributed by atoms with Crippen molar-refractivity contribution in [1.29, 1.82) is 0 Å². The third-order valence-electron chi connectivity index (χ3n) is 3.45. The zero-order valence-electron chi connectivity index (χ0n) is 12.9. The number of halogens is 1. The van der Waals surface area contributed by atoms with Crippen LogP contribution >= 0.6 is 11.6 Å². The number of benzene rings is 1. The van der Waals surface area contributed by atoms with Crippen molar-refractivity contribution in [1.82, 2.24) is 25.4 Å². The van der Waals surface area contributed by atoms with Crippen LogP contribution in [0.1, 0.15) is 43.7 Å². The second-order valence-electron chi connectivity index (χ2n) is 5.16. The van der Waals surface area contributed by atoms with Crippen molar-refractivity contribution in [2.45, 2.75) is 32.4 Å². The molecule has 2 rings (SSSR count). The Hall–Kier alpha value is -2.08. The number of nitrogens with zero attached hydrogens (tertiary/aromatic N) is 3. The summed E-state index contributed by atoms with van der Waals surface area (Å²) in [5.74, 6) is 0.700. The van der Waals surface area contributed by atoms with E-state index in [0.29, 0.717) is 10.8 Å².